The maximum absolute atomic E-state index is 13.2. The van der Waals surface area contributed by atoms with Crippen molar-refractivity contribution in [3.05, 3.63) is 12.1 Å². The van der Waals surface area contributed by atoms with Gasteiger partial charge in [-0.3, -0.25) is 0 Å². The lowest BCUT2D eigenvalue weighted by Gasteiger charge is -2.35. The number of hydrogen-bond donors (Lipinski definition) is 5. The first-order valence-corrected chi connectivity index (χ1v) is 13.4. The summed E-state index contributed by atoms with van der Waals surface area (Å²) in [6, 6.07) is 2.50. The molecule has 0 aliphatic carbocycles. The van der Waals surface area contributed by atoms with Crippen LogP contribution in [0.25, 0.3) is 11.4 Å². The molecule has 3 heterocycles. The van der Waals surface area contributed by atoms with E-state index < -0.39 is 29.8 Å². The van der Waals surface area contributed by atoms with E-state index in [1.807, 2.05) is 4.90 Å². The lowest BCUT2D eigenvalue weighted by atomic mass is 9.97. The van der Waals surface area contributed by atoms with Crippen LogP contribution in [0.1, 0.15) is 19.3 Å². The van der Waals surface area contributed by atoms with E-state index in [2.05, 4.69) is 30.7 Å². The maximum Gasteiger partial charge on any atom is 0.242 e. The van der Waals surface area contributed by atoms with E-state index in [1.165, 1.54) is 6.07 Å². The molecule has 13 nitrogen and oxygen atoms in total. The van der Waals surface area contributed by atoms with Crippen molar-refractivity contribution in [2.24, 2.45) is 16.8 Å². The molecule has 7 N–H and O–H groups in total. The Morgan fingerprint density at radius 3 is 2.66 bits per heavy atom. The van der Waals surface area contributed by atoms with E-state index in [0.717, 1.165) is 12.8 Å². The highest BCUT2D eigenvalue weighted by Gasteiger charge is 2.35. The van der Waals surface area contributed by atoms with Crippen LogP contribution in [0, 0.1) is 5.92 Å². The van der Waals surface area contributed by atoms with Crippen molar-refractivity contribution in [3.63, 3.8) is 0 Å². The largest absolute Gasteiger partial charge is 0.371 e. The number of nitrogens with zero attached hydrogens (tertiary/aromatic N) is 4. The highest BCUT2D eigenvalue weighted by Crippen LogP contribution is 2.39. The number of nitrogens with one attached hydrogen (secondary N) is 3. The molecule has 2 fully saturated rings. The molecule has 0 amide bonds. The average Bonchev–Trinajstić information content (AvgIpc) is 3.46. The molecule has 0 radical (unpaired) electrons. The monoisotopic (exact) mass is 485 g/mol. The average molecular weight is 486 g/mol. The quantitative estimate of drug-likeness (QED) is 0.302. The molecule has 32 heavy (non-hydrogen) atoms. The third-order valence-corrected chi connectivity index (χ3v) is 8.52. The Kier molecular flexibility index (Phi) is 6.46. The maximum atomic E-state index is 13.2. The first-order valence-electron chi connectivity index (χ1n) is 10.3. The Balaban J connectivity index is 1.90. The summed E-state index contributed by atoms with van der Waals surface area (Å²) in [7, 11) is -8.69. The first kappa shape index (κ1) is 23.0. The summed E-state index contributed by atoms with van der Waals surface area (Å²) in [6.07, 6.45) is 2.41. The summed E-state index contributed by atoms with van der Waals surface area (Å²) in [5, 5.41) is 22.2. The Morgan fingerprint density at radius 1 is 1.22 bits per heavy atom. The van der Waals surface area contributed by atoms with Gasteiger partial charge in [-0.1, -0.05) is 0 Å². The number of sulfonamides is 2. The summed E-state index contributed by atoms with van der Waals surface area (Å²) >= 11 is 0. The number of hydrogen-bond acceptors (Lipinski definition) is 10. The third-order valence-electron chi connectivity index (χ3n) is 5.83. The van der Waals surface area contributed by atoms with Gasteiger partial charge in [-0.05, 0) is 60.8 Å². The zero-order valence-corrected chi connectivity index (χ0v) is 19.0. The summed E-state index contributed by atoms with van der Waals surface area (Å²) in [5.74, 6) is 0.237. The van der Waals surface area contributed by atoms with Crippen LogP contribution in [0.3, 0.4) is 0 Å². The van der Waals surface area contributed by atoms with Gasteiger partial charge in [0.1, 0.15) is 9.79 Å². The molecule has 0 spiro atoms. The van der Waals surface area contributed by atoms with Crippen molar-refractivity contribution in [3.8, 4) is 11.4 Å². The van der Waals surface area contributed by atoms with Crippen LogP contribution in [0.2, 0.25) is 0 Å². The Morgan fingerprint density at radius 2 is 2.03 bits per heavy atom. The van der Waals surface area contributed by atoms with Crippen LogP contribution in [0.5, 0.6) is 0 Å². The molecule has 0 unspecified atom stereocenters. The Labute approximate surface area is 186 Å². The number of aromatic amines is 1. The van der Waals surface area contributed by atoms with Crippen LogP contribution in [-0.4, -0.2) is 76.2 Å². The van der Waals surface area contributed by atoms with Gasteiger partial charge in [-0.15, -0.1) is 5.10 Å². The normalized spacial score (nSPS) is 22.4. The molecule has 1 aromatic heterocycles. The van der Waals surface area contributed by atoms with E-state index in [9.17, 15) is 16.8 Å². The molecule has 1 aromatic carbocycles. The van der Waals surface area contributed by atoms with E-state index in [1.54, 1.807) is 6.07 Å². The second kappa shape index (κ2) is 8.99. The number of nitrogens with two attached hydrogens (primary N) is 2. The van der Waals surface area contributed by atoms with Gasteiger partial charge < -0.3 is 16.0 Å². The molecule has 15 heteroatoms. The number of H-pyrrole nitrogens is 1. The number of piperidine rings is 1. The fourth-order valence-corrected chi connectivity index (χ4v) is 7.19. The molecular formula is C17H27N9O4S2. The minimum atomic E-state index is -4.49. The van der Waals surface area contributed by atoms with E-state index in [0.29, 0.717) is 44.8 Å². The van der Waals surface area contributed by atoms with Gasteiger partial charge in [-0.25, -0.2) is 31.8 Å². The van der Waals surface area contributed by atoms with Gasteiger partial charge in [0.25, 0.3) is 0 Å². The van der Waals surface area contributed by atoms with E-state index in [4.69, 9.17) is 10.9 Å². The van der Waals surface area contributed by atoms with E-state index in [-0.39, 0.29) is 23.3 Å². The highest BCUT2D eigenvalue weighted by atomic mass is 32.2. The molecule has 4 rings (SSSR count). The standard InChI is InChI=1S/C17H27N9O4S2/c18-8-11-2-1-7-26(10-11)13-3-4-14(32(29,30)23-12-5-6-20-9-12)16(31(19,27)28)15(13)17-21-24-25-22-17/h3-4,11-12,20,23H,1-2,5-10,18H2,(H2,19,27,28)(H,21,22,24,25)/t11-,12+/m0/s1. The summed E-state index contributed by atoms with van der Waals surface area (Å²) in [6.45, 7) is 2.85. The van der Waals surface area contributed by atoms with Crippen LogP contribution < -0.4 is 25.8 Å². The molecule has 2 atom stereocenters. The number of benzene rings is 1. The lowest BCUT2D eigenvalue weighted by Crippen LogP contribution is -2.39. The Bertz CT molecular complexity index is 1160. The molecule has 2 aliphatic heterocycles. The zero-order chi connectivity index (χ0) is 22.9. The number of primary sulfonamides is 1. The summed E-state index contributed by atoms with van der Waals surface area (Å²) < 4.78 is 54.5. The second-order valence-corrected chi connectivity index (χ2v) is 11.3. The van der Waals surface area contributed by atoms with Gasteiger partial charge in [-0.2, -0.15) is 0 Å². The van der Waals surface area contributed by atoms with Gasteiger partial charge in [0.05, 0.1) is 5.56 Å². The SMILES string of the molecule is NC[C@@H]1CCCN(c2ccc(S(=O)(=O)N[C@@H]3CCNC3)c(S(N)(=O)=O)c2-c2nnn[nH]2)C1. The van der Waals surface area contributed by atoms with Crippen LogP contribution in [0.15, 0.2) is 21.9 Å². The van der Waals surface area contributed by atoms with Crippen molar-refractivity contribution in [2.45, 2.75) is 35.1 Å². The van der Waals surface area contributed by atoms with Crippen LogP contribution >= 0.6 is 0 Å². The first-order chi connectivity index (χ1) is 15.2. The predicted octanol–water partition coefficient (Wildman–Crippen LogP) is -1.67. The van der Waals surface area contributed by atoms with Crippen LogP contribution in [0.4, 0.5) is 5.69 Å². The van der Waals surface area contributed by atoms with Crippen molar-refractivity contribution >= 4 is 25.7 Å². The zero-order valence-electron chi connectivity index (χ0n) is 17.4. The molecule has 0 saturated carbocycles. The Hall–Kier alpha value is -2.17. The van der Waals surface area contributed by atoms with Crippen LogP contribution in [-0.2, 0) is 20.0 Å². The van der Waals surface area contributed by atoms with Crippen molar-refractivity contribution < 1.29 is 16.8 Å². The smallest absolute Gasteiger partial charge is 0.242 e. The molecule has 2 saturated heterocycles. The summed E-state index contributed by atoms with van der Waals surface area (Å²) in [5.41, 5.74) is 6.37. The number of tetrazole rings is 1. The fourth-order valence-electron chi connectivity index (χ4n) is 4.32. The number of aromatic nitrogens is 4. The molecule has 0 bridgehead atoms. The molecule has 2 aliphatic rings. The van der Waals surface area contributed by atoms with Gasteiger partial charge in [0.15, 0.2) is 5.82 Å². The minimum absolute atomic E-state index is 0.0125. The second-order valence-electron chi connectivity index (χ2n) is 8.08. The highest BCUT2D eigenvalue weighted by molar-refractivity contribution is 7.92. The molecule has 2 aromatic rings. The lowest BCUT2D eigenvalue weighted by molar-refractivity contribution is 0.423. The van der Waals surface area contributed by atoms with Crippen molar-refractivity contribution in [1.29, 1.82) is 0 Å². The fraction of sp³-hybridized carbons (Fsp3) is 0.588. The number of anilines is 1. The van der Waals surface area contributed by atoms with Gasteiger partial charge in [0, 0.05) is 31.4 Å². The van der Waals surface area contributed by atoms with Crippen molar-refractivity contribution in [2.75, 3.05) is 37.6 Å². The van der Waals surface area contributed by atoms with Gasteiger partial charge in [0.2, 0.25) is 20.0 Å². The van der Waals surface area contributed by atoms with E-state index >= 15 is 0 Å². The van der Waals surface area contributed by atoms with Gasteiger partial charge >= 0.3 is 0 Å². The number of rotatable bonds is 7. The molecular weight excluding hydrogens is 458 g/mol. The summed E-state index contributed by atoms with van der Waals surface area (Å²) in [4.78, 5) is 0.995. The topological polar surface area (TPSA) is 202 Å². The third kappa shape index (κ3) is 4.62. The minimum Gasteiger partial charge on any atom is -0.371 e. The van der Waals surface area contributed by atoms with Crippen molar-refractivity contribution in [1.82, 2.24) is 30.7 Å². The molecule has 176 valence electrons. The predicted molar refractivity (Wildman–Crippen MR) is 117 cm³/mol.